The number of aliphatic hydroxyl groups is 3. The van der Waals surface area contributed by atoms with Crippen molar-refractivity contribution in [2.45, 2.75) is 110 Å². The number of hydrogen-bond donors (Lipinski definition) is 3. The molecule has 0 amide bonds. The van der Waals surface area contributed by atoms with Gasteiger partial charge in [-0.1, -0.05) is 27.7 Å². The Morgan fingerprint density at radius 2 is 1.58 bits per heavy atom. The predicted octanol–water partition coefficient (Wildman–Crippen LogP) is 5.51. The van der Waals surface area contributed by atoms with Crippen LogP contribution in [0.1, 0.15) is 91.9 Å². The van der Waals surface area contributed by atoms with Crippen LogP contribution < -0.4 is 0 Å². The molecule has 4 fully saturated rings. The van der Waals surface area contributed by atoms with E-state index in [1.54, 1.807) is 0 Å². The third-order valence-electron chi connectivity index (χ3n) is 10.8. The minimum Gasteiger partial charge on any atom is -0.393 e. The van der Waals surface area contributed by atoms with Crippen LogP contribution in [0.15, 0.2) is 0 Å². The minimum absolute atomic E-state index is 0.0496. The fourth-order valence-electron chi connectivity index (χ4n) is 9.17. The van der Waals surface area contributed by atoms with Crippen LogP contribution in [-0.2, 0) is 0 Å². The fraction of sp³-hybridized carbons (Fsp3) is 1.00. The smallest absolute Gasteiger partial charge is 0.0836 e. The van der Waals surface area contributed by atoms with Crippen LogP contribution in [0, 0.1) is 46.3 Å². The predicted molar refractivity (Wildman–Crippen MR) is 130 cm³/mol. The zero-order valence-corrected chi connectivity index (χ0v) is 21.2. The molecule has 0 saturated heterocycles. The molecule has 3 N–H and O–H groups in total. The fourth-order valence-corrected chi connectivity index (χ4v) is 10.0. The van der Waals surface area contributed by atoms with Crippen LogP contribution in [-0.4, -0.2) is 45.1 Å². The lowest BCUT2D eigenvalue weighted by molar-refractivity contribution is -0.223. The minimum atomic E-state index is -0.671. The largest absolute Gasteiger partial charge is 0.393 e. The summed E-state index contributed by atoms with van der Waals surface area (Å²) in [5.74, 6) is 5.44. The van der Waals surface area contributed by atoms with Gasteiger partial charge in [-0.3, -0.25) is 0 Å². The van der Waals surface area contributed by atoms with Gasteiger partial charge in [-0.2, -0.15) is 11.8 Å². The van der Waals surface area contributed by atoms with Crippen molar-refractivity contribution in [1.82, 2.24) is 0 Å². The summed E-state index contributed by atoms with van der Waals surface area (Å²) in [6.45, 7) is 9.66. The van der Waals surface area contributed by atoms with Crippen LogP contribution in [0.3, 0.4) is 0 Å². The van der Waals surface area contributed by atoms with Crippen LogP contribution in [0.25, 0.3) is 0 Å². The van der Waals surface area contributed by atoms with Crippen molar-refractivity contribution >= 4 is 11.8 Å². The summed E-state index contributed by atoms with van der Waals surface area (Å²) in [5.41, 5.74) is 0.388. The Morgan fingerprint density at radius 3 is 2.32 bits per heavy atom. The Morgan fingerprint density at radius 1 is 0.871 bits per heavy atom. The highest BCUT2D eigenvalue weighted by Crippen LogP contribution is 2.68. The van der Waals surface area contributed by atoms with Gasteiger partial charge in [0, 0.05) is 0 Å². The Labute approximate surface area is 195 Å². The Bertz CT molecular complexity index is 613. The molecule has 0 spiro atoms. The second-order valence-electron chi connectivity index (χ2n) is 12.3. The van der Waals surface area contributed by atoms with Crippen LogP contribution in [0.4, 0.5) is 0 Å². The summed E-state index contributed by atoms with van der Waals surface area (Å²) in [6, 6.07) is 0. The van der Waals surface area contributed by atoms with Gasteiger partial charge in [0.2, 0.25) is 0 Å². The van der Waals surface area contributed by atoms with Crippen molar-refractivity contribution in [3.05, 3.63) is 0 Å². The van der Waals surface area contributed by atoms with E-state index in [0.29, 0.717) is 23.7 Å². The van der Waals surface area contributed by atoms with E-state index < -0.39 is 12.2 Å². The monoisotopic (exact) mass is 452 g/mol. The first-order valence-electron chi connectivity index (χ1n) is 13.4. The van der Waals surface area contributed by atoms with Gasteiger partial charge < -0.3 is 15.3 Å². The lowest BCUT2D eigenvalue weighted by atomic mass is 9.43. The second kappa shape index (κ2) is 9.47. The molecule has 31 heavy (non-hydrogen) atoms. The number of rotatable bonds is 7. The number of thioether (sulfide) groups is 1. The second-order valence-corrected chi connectivity index (χ2v) is 13.5. The molecule has 6 unspecified atom stereocenters. The molecule has 180 valence electrons. The van der Waals surface area contributed by atoms with Gasteiger partial charge >= 0.3 is 0 Å². The molecular weight excluding hydrogens is 404 g/mol. The van der Waals surface area contributed by atoms with Gasteiger partial charge in [0.05, 0.1) is 18.3 Å². The molecule has 4 aliphatic carbocycles. The maximum Gasteiger partial charge on any atom is 0.0836 e. The van der Waals surface area contributed by atoms with Crippen molar-refractivity contribution in [1.29, 1.82) is 0 Å². The molecule has 11 atom stereocenters. The topological polar surface area (TPSA) is 60.7 Å². The van der Waals surface area contributed by atoms with Gasteiger partial charge in [-0.25, -0.2) is 0 Å². The summed E-state index contributed by atoms with van der Waals surface area (Å²) in [7, 11) is 0. The zero-order chi connectivity index (χ0) is 22.4. The molecule has 4 heteroatoms. The van der Waals surface area contributed by atoms with Crippen molar-refractivity contribution in [2.75, 3.05) is 11.5 Å². The van der Waals surface area contributed by atoms with E-state index in [0.717, 1.165) is 24.7 Å². The van der Waals surface area contributed by atoms with Gasteiger partial charge in [-0.05, 0) is 122 Å². The summed E-state index contributed by atoms with van der Waals surface area (Å²) >= 11 is 2.11. The van der Waals surface area contributed by atoms with Gasteiger partial charge in [0.15, 0.2) is 0 Å². The Balaban J connectivity index is 1.49. The molecule has 0 radical (unpaired) electrons. The Kier molecular flexibility index (Phi) is 7.44. The third-order valence-corrected chi connectivity index (χ3v) is 12.1. The first-order valence-corrected chi connectivity index (χ1v) is 14.5. The molecule has 0 aromatic carbocycles. The molecule has 0 aromatic heterocycles. The average molecular weight is 453 g/mol. The first-order chi connectivity index (χ1) is 14.7. The maximum atomic E-state index is 11.4. The molecule has 4 aliphatic rings. The zero-order valence-electron chi connectivity index (χ0n) is 20.4. The van der Waals surface area contributed by atoms with E-state index in [4.69, 9.17) is 0 Å². The maximum absolute atomic E-state index is 11.4. The average Bonchev–Trinajstić information content (AvgIpc) is 3.10. The van der Waals surface area contributed by atoms with Crippen LogP contribution in [0.2, 0.25) is 0 Å². The van der Waals surface area contributed by atoms with E-state index in [1.165, 1.54) is 56.5 Å². The van der Waals surface area contributed by atoms with Crippen molar-refractivity contribution in [3.63, 3.8) is 0 Å². The molecule has 3 nitrogen and oxygen atoms in total. The van der Waals surface area contributed by atoms with Gasteiger partial charge in [0.1, 0.15) is 0 Å². The number of aliphatic hydroxyl groups excluding tert-OH is 3. The molecule has 4 saturated carbocycles. The van der Waals surface area contributed by atoms with Crippen LogP contribution >= 0.6 is 11.8 Å². The van der Waals surface area contributed by atoms with E-state index >= 15 is 0 Å². The van der Waals surface area contributed by atoms with E-state index in [2.05, 4.69) is 39.5 Å². The number of fused-ring (bicyclic) bond motifs is 5. The van der Waals surface area contributed by atoms with Crippen LogP contribution in [0.5, 0.6) is 0 Å². The molecule has 0 heterocycles. The van der Waals surface area contributed by atoms with E-state index in [9.17, 15) is 15.3 Å². The summed E-state index contributed by atoms with van der Waals surface area (Å²) in [5, 5.41) is 32.9. The van der Waals surface area contributed by atoms with E-state index in [-0.39, 0.29) is 23.4 Å². The third kappa shape index (κ3) is 4.15. The van der Waals surface area contributed by atoms with Crippen molar-refractivity contribution in [3.8, 4) is 0 Å². The lowest BCUT2D eigenvalue weighted by Crippen LogP contribution is -2.64. The summed E-state index contributed by atoms with van der Waals surface area (Å²) in [4.78, 5) is 0. The lowest BCUT2D eigenvalue weighted by Gasteiger charge is -2.63. The number of hydrogen-bond acceptors (Lipinski definition) is 4. The van der Waals surface area contributed by atoms with Crippen molar-refractivity contribution in [2.24, 2.45) is 46.3 Å². The first kappa shape index (κ1) is 24.4. The van der Waals surface area contributed by atoms with E-state index in [1.807, 2.05) is 0 Å². The van der Waals surface area contributed by atoms with Crippen molar-refractivity contribution < 1.29 is 15.3 Å². The van der Waals surface area contributed by atoms with Gasteiger partial charge in [0.25, 0.3) is 0 Å². The van der Waals surface area contributed by atoms with Gasteiger partial charge in [-0.15, -0.1) is 0 Å². The standard InChI is InChI=1S/C27H48O3S/c1-5-14-31-15-6-7-17(2)19-8-9-20-23-21(11-13-26(19,20)3)27(4)12-10-18(28)16-22(27)24(29)25(23)30/h17-25,28-30H,5-16H2,1-4H3/t17?,18-,19?,20?,21?,22+,23?,24+,25?,26-,27-/m1/s1. The highest BCUT2D eigenvalue weighted by atomic mass is 32.2. The summed E-state index contributed by atoms with van der Waals surface area (Å²) in [6.07, 6.45) is 9.88. The molecule has 4 rings (SSSR count). The normalized spacial score (nSPS) is 50.4. The SMILES string of the molecule is CCCSCCCC(C)C1CCC2C3C(O)[C@@H](O)[C@@H]4C[C@H](O)CC[C@]4(C)C3CC[C@]12C. The summed E-state index contributed by atoms with van der Waals surface area (Å²) < 4.78 is 0. The molecule has 0 bridgehead atoms. The molecular formula is C27H48O3S. The highest BCUT2D eigenvalue weighted by molar-refractivity contribution is 7.99. The molecule has 0 aliphatic heterocycles. The quantitative estimate of drug-likeness (QED) is 0.446. The molecule has 0 aromatic rings. The highest BCUT2D eigenvalue weighted by Gasteiger charge is 2.65. The Hall–Kier alpha value is 0.230.